The van der Waals surface area contributed by atoms with Gasteiger partial charge < -0.3 is 5.32 Å². The minimum absolute atomic E-state index is 0.338. The van der Waals surface area contributed by atoms with Crippen LogP contribution >= 0.6 is 0 Å². The summed E-state index contributed by atoms with van der Waals surface area (Å²) in [6.45, 7) is 11.0. The van der Waals surface area contributed by atoms with Gasteiger partial charge in [-0.15, -0.1) is 6.58 Å². The molecule has 0 amide bonds. The zero-order valence-electron chi connectivity index (χ0n) is 10.1. The molecule has 0 fully saturated rings. The summed E-state index contributed by atoms with van der Waals surface area (Å²) in [4.78, 5) is 0. The Morgan fingerprint density at radius 1 is 1.53 bits per heavy atom. The van der Waals surface area contributed by atoms with Crippen molar-refractivity contribution in [2.45, 2.75) is 39.3 Å². The van der Waals surface area contributed by atoms with Gasteiger partial charge in [0.2, 0.25) is 0 Å². The number of hydrogen-bond acceptors (Lipinski definition) is 2. The molecule has 0 aliphatic heterocycles. The second-order valence-electron chi connectivity index (χ2n) is 4.27. The van der Waals surface area contributed by atoms with Crippen LogP contribution in [0.3, 0.4) is 0 Å². The van der Waals surface area contributed by atoms with E-state index in [0.717, 1.165) is 6.54 Å². The van der Waals surface area contributed by atoms with Crippen LogP contribution in [0.25, 0.3) is 0 Å². The highest BCUT2D eigenvalue weighted by atomic mass is 15.3. The van der Waals surface area contributed by atoms with Crippen molar-refractivity contribution < 1.29 is 0 Å². The van der Waals surface area contributed by atoms with Gasteiger partial charge in [0.25, 0.3) is 0 Å². The minimum Gasteiger partial charge on any atom is -0.307 e. The lowest BCUT2D eigenvalue weighted by Gasteiger charge is -2.09. The van der Waals surface area contributed by atoms with Gasteiger partial charge in [0, 0.05) is 31.4 Å². The van der Waals surface area contributed by atoms with Crippen molar-refractivity contribution in [1.82, 2.24) is 15.1 Å². The Morgan fingerprint density at radius 2 is 2.20 bits per heavy atom. The maximum atomic E-state index is 4.46. The molecule has 0 aromatic carbocycles. The second kappa shape index (κ2) is 5.12. The number of nitrogens with one attached hydrogen (secondary N) is 1. The maximum absolute atomic E-state index is 4.46. The second-order valence-corrected chi connectivity index (χ2v) is 4.27. The van der Waals surface area contributed by atoms with Gasteiger partial charge in [0.15, 0.2) is 0 Å². The van der Waals surface area contributed by atoms with Gasteiger partial charge >= 0.3 is 0 Å². The van der Waals surface area contributed by atoms with Crippen LogP contribution in [0.4, 0.5) is 0 Å². The van der Waals surface area contributed by atoms with Crippen molar-refractivity contribution in [3.8, 4) is 0 Å². The van der Waals surface area contributed by atoms with Gasteiger partial charge in [-0.3, -0.25) is 4.68 Å². The highest BCUT2D eigenvalue weighted by Gasteiger charge is 2.11. The Morgan fingerprint density at radius 3 is 2.73 bits per heavy atom. The zero-order chi connectivity index (χ0) is 11.4. The van der Waals surface area contributed by atoms with E-state index in [1.807, 2.05) is 17.8 Å². The van der Waals surface area contributed by atoms with Gasteiger partial charge in [-0.2, -0.15) is 5.10 Å². The average Bonchev–Trinajstić information content (AvgIpc) is 2.56. The maximum Gasteiger partial charge on any atom is 0.0694 e. The molecule has 15 heavy (non-hydrogen) atoms. The molecule has 1 atom stereocenters. The molecule has 0 bridgehead atoms. The summed E-state index contributed by atoms with van der Waals surface area (Å²) in [6, 6.07) is 0.338. The summed E-state index contributed by atoms with van der Waals surface area (Å²) in [7, 11) is 1.96. The van der Waals surface area contributed by atoms with Crippen molar-refractivity contribution in [2.24, 2.45) is 7.05 Å². The molecule has 84 valence electrons. The smallest absolute Gasteiger partial charge is 0.0694 e. The van der Waals surface area contributed by atoms with Crippen LogP contribution in [0.1, 0.15) is 37.9 Å². The van der Waals surface area contributed by atoms with E-state index in [-0.39, 0.29) is 0 Å². The minimum atomic E-state index is 0.338. The van der Waals surface area contributed by atoms with E-state index >= 15 is 0 Å². The normalized spacial score (nSPS) is 13.1. The van der Waals surface area contributed by atoms with Crippen LogP contribution in [0, 0.1) is 0 Å². The zero-order valence-corrected chi connectivity index (χ0v) is 10.1. The average molecular weight is 207 g/mol. The lowest BCUT2D eigenvalue weighted by atomic mass is 10.1. The third-order valence-corrected chi connectivity index (χ3v) is 2.45. The van der Waals surface area contributed by atoms with Crippen LogP contribution in [0.5, 0.6) is 0 Å². The molecule has 1 rings (SSSR count). The summed E-state index contributed by atoms with van der Waals surface area (Å²) >= 11 is 0. The van der Waals surface area contributed by atoms with Crippen molar-refractivity contribution in [1.29, 1.82) is 0 Å². The Kier molecular flexibility index (Phi) is 4.09. The number of rotatable bonds is 5. The van der Waals surface area contributed by atoms with E-state index in [1.54, 1.807) is 0 Å². The highest BCUT2D eigenvalue weighted by molar-refractivity contribution is 5.20. The number of aromatic nitrogens is 2. The Hall–Kier alpha value is -1.09. The molecule has 0 aliphatic rings. The lowest BCUT2D eigenvalue weighted by Crippen LogP contribution is -2.23. The predicted molar refractivity (Wildman–Crippen MR) is 63.8 cm³/mol. The monoisotopic (exact) mass is 207 g/mol. The first kappa shape index (κ1) is 12.0. The fourth-order valence-corrected chi connectivity index (χ4v) is 1.53. The lowest BCUT2D eigenvalue weighted by molar-refractivity contribution is 0.627. The Balaban J connectivity index is 2.71. The molecule has 1 aromatic heterocycles. The first-order valence-corrected chi connectivity index (χ1v) is 5.43. The largest absolute Gasteiger partial charge is 0.307 e. The van der Waals surface area contributed by atoms with Crippen LogP contribution < -0.4 is 5.32 Å². The summed E-state index contributed by atoms with van der Waals surface area (Å²) < 4.78 is 1.88. The molecule has 0 aliphatic carbocycles. The van der Waals surface area contributed by atoms with E-state index in [4.69, 9.17) is 0 Å². The van der Waals surface area contributed by atoms with E-state index in [1.165, 1.54) is 11.3 Å². The van der Waals surface area contributed by atoms with Crippen LogP contribution in [-0.4, -0.2) is 15.8 Å². The molecule has 1 aromatic rings. The molecule has 0 saturated heterocycles. The molecule has 0 saturated carbocycles. The molecule has 3 heteroatoms. The predicted octanol–water partition coefficient (Wildman–Crippen LogP) is 2.21. The van der Waals surface area contributed by atoms with Gasteiger partial charge in [-0.25, -0.2) is 0 Å². The van der Waals surface area contributed by atoms with Crippen LogP contribution in [-0.2, 0) is 13.6 Å². The number of hydrogen-bond donors (Lipinski definition) is 1. The van der Waals surface area contributed by atoms with Crippen LogP contribution in [0.2, 0.25) is 0 Å². The van der Waals surface area contributed by atoms with Gasteiger partial charge in [-0.1, -0.05) is 19.9 Å². The van der Waals surface area contributed by atoms with Crippen molar-refractivity contribution in [3.05, 3.63) is 30.1 Å². The quantitative estimate of drug-likeness (QED) is 0.750. The molecule has 0 spiro atoms. The van der Waals surface area contributed by atoms with Crippen molar-refractivity contribution >= 4 is 0 Å². The van der Waals surface area contributed by atoms with Crippen molar-refractivity contribution in [3.63, 3.8) is 0 Å². The van der Waals surface area contributed by atoms with Crippen LogP contribution in [0.15, 0.2) is 18.9 Å². The summed E-state index contributed by atoms with van der Waals surface area (Å²) in [5.41, 5.74) is 2.46. The molecule has 1 heterocycles. The Labute approximate surface area is 92.2 Å². The first-order valence-electron chi connectivity index (χ1n) is 5.43. The SMILES string of the molecule is C=CC(C)NCc1cn(C)nc1C(C)C. The van der Waals surface area contributed by atoms with Crippen molar-refractivity contribution in [2.75, 3.05) is 0 Å². The molecule has 3 nitrogen and oxygen atoms in total. The third-order valence-electron chi connectivity index (χ3n) is 2.45. The molecular formula is C12H21N3. The van der Waals surface area contributed by atoms with E-state index in [9.17, 15) is 0 Å². The van der Waals surface area contributed by atoms with Gasteiger partial charge in [0.1, 0.15) is 0 Å². The molecule has 0 radical (unpaired) electrons. The summed E-state index contributed by atoms with van der Waals surface area (Å²) in [6.07, 6.45) is 3.99. The van der Waals surface area contributed by atoms with Gasteiger partial charge in [-0.05, 0) is 12.8 Å². The summed E-state index contributed by atoms with van der Waals surface area (Å²) in [5.74, 6) is 0.474. The molecule has 1 N–H and O–H groups in total. The van der Waals surface area contributed by atoms with Gasteiger partial charge in [0.05, 0.1) is 5.69 Å². The molecule has 1 unspecified atom stereocenters. The number of aryl methyl sites for hydroxylation is 1. The summed E-state index contributed by atoms with van der Waals surface area (Å²) in [5, 5.41) is 7.85. The fraction of sp³-hybridized carbons (Fsp3) is 0.583. The van der Waals surface area contributed by atoms with E-state index in [2.05, 4.69) is 44.0 Å². The third kappa shape index (κ3) is 3.20. The number of nitrogens with zero attached hydrogens (tertiary/aromatic N) is 2. The first-order chi connectivity index (χ1) is 7.04. The highest BCUT2D eigenvalue weighted by Crippen LogP contribution is 2.16. The van der Waals surface area contributed by atoms with E-state index in [0.29, 0.717) is 12.0 Å². The topological polar surface area (TPSA) is 29.9 Å². The standard InChI is InChI=1S/C12H21N3/c1-6-10(4)13-7-11-8-15(5)14-12(11)9(2)3/h6,8-10,13H,1,7H2,2-5H3. The Bertz CT molecular complexity index is 326. The fourth-order valence-electron chi connectivity index (χ4n) is 1.53. The van der Waals surface area contributed by atoms with E-state index < -0.39 is 0 Å². The molecular weight excluding hydrogens is 186 g/mol.